The molecule has 2 N–H and O–H groups in total. The third-order valence-electron chi connectivity index (χ3n) is 4.29. The Morgan fingerprint density at radius 1 is 1.23 bits per heavy atom. The molecule has 0 radical (unpaired) electrons. The molecule has 1 aromatic carbocycles. The van der Waals surface area contributed by atoms with E-state index in [1.54, 1.807) is 11.8 Å². The van der Waals surface area contributed by atoms with Gasteiger partial charge in [0.25, 0.3) is 0 Å². The summed E-state index contributed by atoms with van der Waals surface area (Å²) in [6.07, 6.45) is 0.916. The molecule has 1 atom stereocenters. The number of urea groups is 1. The minimum absolute atomic E-state index is 0.0638. The molecule has 0 fully saturated rings. The number of nitrogens with zero attached hydrogens (tertiary/aromatic N) is 1. The van der Waals surface area contributed by atoms with Crippen molar-refractivity contribution in [1.82, 2.24) is 10.6 Å². The van der Waals surface area contributed by atoms with Crippen molar-refractivity contribution in [2.24, 2.45) is 5.92 Å². The minimum atomic E-state index is -0.635. The predicted molar refractivity (Wildman–Crippen MR) is 98.9 cm³/mol. The number of esters is 1. The van der Waals surface area contributed by atoms with Crippen molar-refractivity contribution in [1.29, 1.82) is 0 Å². The lowest BCUT2D eigenvalue weighted by atomic mass is 10.0. The number of hydrogen-bond donors (Lipinski definition) is 2. The average molecular weight is 361 g/mol. The number of rotatable bonds is 7. The van der Waals surface area contributed by atoms with Crippen LogP contribution in [0.25, 0.3) is 0 Å². The zero-order chi connectivity index (χ0) is 19.1. The van der Waals surface area contributed by atoms with Crippen molar-refractivity contribution in [3.8, 4) is 0 Å². The number of anilines is 1. The summed E-state index contributed by atoms with van der Waals surface area (Å²) in [5, 5.41) is 5.34. The van der Waals surface area contributed by atoms with Crippen molar-refractivity contribution < 1.29 is 19.1 Å². The molecule has 0 aromatic heterocycles. The van der Waals surface area contributed by atoms with Crippen molar-refractivity contribution in [2.75, 3.05) is 24.6 Å². The number of benzene rings is 1. The summed E-state index contributed by atoms with van der Waals surface area (Å²) in [7, 11) is 0. The summed E-state index contributed by atoms with van der Waals surface area (Å²) in [4.78, 5) is 38.1. The molecule has 1 heterocycles. The van der Waals surface area contributed by atoms with Crippen molar-refractivity contribution >= 4 is 23.6 Å². The van der Waals surface area contributed by atoms with E-state index in [-0.39, 0.29) is 30.8 Å². The van der Waals surface area contributed by atoms with Crippen molar-refractivity contribution in [3.05, 3.63) is 29.8 Å². The Bertz CT molecular complexity index is 660. The van der Waals surface area contributed by atoms with Crippen LogP contribution in [0.4, 0.5) is 10.5 Å². The van der Waals surface area contributed by atoms with Gasteiger partial charge in [-0.25, -0.2) is 4.79 Å². The van der Waals surface area contributed by atoms with Gasteiger partial charge in [-0.15, -0.1) is 0 Å². The normalized spacial score (nSPS) is 13.9. The lowest BCUT2D eigenvalue weighted by Crippen LogP contribution is -2.53. The molecule has 1 aromatic rings. The van der Waals surface area contributed by atoms with Gasteiger partial charge in [0, 0.05) is 18.8 Å². The molecule has 26 heavy (non-hydrogen) atoms. The second-order valence-electron chi connectivity index (χ2n) is 6.55. The molecule has 7 heteroatoms. The molecule has 1 aliphatic rings. The Balaban J connectivity index is 1.93. The van der Waals surface area contributed by atoms with Gasteiger partial charge in [-0.2, -0.15) is 0 Å². The fourth-order valence-electron chi connectivity index (χ4n) is 2.95. The smallest absolute Gasteiger partial charge is 0.315 e. The maximum atomic E-state index is 13.0. The quantitative estimate of drug-likeness (QED) is 0.726. The second kappa shape index (κ2) is 9.22. The maximum Gasteiger partial charge on any atom is 0.315 e. The SMILES string of the molecule is CCOC(=O)CCNC(=O)N[C@@H](C(=O)N1CCc2ccccc21)C(C)C. The van der Waals surface area contributed by atoms with Gasteiger partial charge in [0.05, 0.1) is 13.0 Å². The Labute approximate surface area is 154 Å². The van der Waals surface area contributed by atoms with Gasteiger partial charge >= 0.3 is 12.0 Å². The van der Waals surface area contributed by atoms with E-state index >= 15 is 0 Å². The molecule has 0 saturated heterocycles. The van der Waals surface area contributed by atoms with Gasteiger partial charge in [0.1, 0.15) is 6.04 Å². The van der Waals surface area contributed by atoms with E-state index < -0.39 is 12.1 Å². The lowest BCUT2D eigenvalue weighted by Gasteiger charge is -2.27. The fraction of sp³-hybridized carbons (Fsp3) is 0.526. The van der Waals surface area contributed by atoms with Crippen LogP contribution in [0.3, 0.4) is 0 Å². The monoisotopic (exact) mass is 361 g/mol. The zero-order valence-electron chi connectivity index (χ0n) is 15.6. The number of hydrogen-bond acceptors (Lipinski definition) is 4. The van der Waals surface area contributed by atoms with Crippen LogP contribution in [0.2, 0.25) is 0 Å². The molecule has 0 unspecified atom stereocenters. The summed E-state index contributed by atoms with van der Waals surface area (Å²) in [6.45, 7) is 6.61. The Kier molecular flexibility index (Phi) is 7.00. The largest absolute Gasteiger partial charge is 0.466 e. The predicted octanol–water partition coefficient (Wildman–Crippen LogP) is 1.85. The highest BCUT2D eigenvalue weighted by Crippen LogP contribution is 2.28. The van der Waals surface area contributed by atoms with Crippen LogP contribution in [0.1, 0.15) is 32.8 Å². The first-order valence-corrected chi connectivity index (χ1v) is 9.03. The van der Waals surface area contributed by atoms with E-state index in [9.17, 15) is 14.4 Å². The first kappa shape index (κ1) is 19.8. The van der Waals surface area contributed by atoms with Crippen molar-refractivity contribution in [3.63, 3.8) is 0 Å². The molecule has 0 saturated carbocycles. The fourth-order valence-corrected chi connectivity index (χ4v) is 2.95. The lowest BCUT2D eigenvalue weighted by molar-refractivity contribution is -0.142. The van der Waals surface area contributed by atoms with Gasteiger partial charge in [-0.3, -0.25) is 9.59 Å². The first-order chi connectivity index (χ1) is 12.4. The van der Waals surface area contributed by atoms with E-state index in [0.29, 0.717) is 13.2 Å². The van der Waals surface area contributed by atoms with Crippen molar-refractivity contribution in [2.45, 2.75) is 39.7 Å². The van der Waals surface area contributed by atoms with Crippen LogP contribution in [-0.2, 0) is 20.7 Å². The van der Waals surface area contributed by atoms with Gasteiger partial charge in [0.15, 0.2) is 0 Å². The van der Waals surface area contributed by atoms with E-state index in [2.05, 4.69) is 10.6 Å². The molecule has 0 bridgehead atoms. The van der Waals surface area contributed by atoms with Gasteiger partial charge in [0.2, 0.25) is 5.91 Å². The number of fused-ring (bicyclic) bond motifs is 1. The third kappa shape index (κ3) is 4.97. The van der Waals surface area contributed by atoms with Crippen LogP contribution in [-0.4, -0.2) is 43.6 Å². The minimum Gasteiger partial charge on any atom is -0.466 e. The summed E-state index contributed by atoms with van der Waals surface area (Å²) in [5.74, 6) is -0.547. The highest BCUT2D eigenvalue weighted by atomic mass is 16.5. The zero-order valence-corrected chi connectivity index (χ0v) is 15.6. The molecular formula is C19H27N3O4. The van der Waals surface area contributed by atoms with Crippen LogP contribution in [0, 0.1) is 5.92 Å². The Morgan fingerprint density at radius 2 is 1.96 bits per heavy atom. The number of nitrogens with one attached hydrogen (secondary N) is 2. The molecule has 7 nitrogen and oxygen atoms in total. The highest BCUT2D eigenvalue weighted by molar-refractivity contribution is 6.00. The summed E-state index contributed by atoms with van der Waals surface area (Å²) < 4.78 is 4.81. The van der Waals surface area contributed by atoms with E-state index in [1.807, 2.05) is 38.1 Å². The van der Waals surface area contributed by atoms with Gasteiger partial charge < -0.3 is 20.3 Å². The Hall–Kier alpha value is -2.57. The summed E-state index contributed by atoms with van der Waals surface area (Å²) in [5.41, 5.74) is 2.05. The standard InChI is InChI=1S/C19H27N3O4/c1-4-26-16(23)9-11-20-19(25)21-17(13(2)3)18(24)22-12-10-14-7-5-6-8-15(14)22/h5-8,13,17H,4,9-12H2,1-3H3,(H2,20,21,25)/t17-/m1/s1. The summed E-state index contributed by atoms with van der Waals surface area (Å²) >= 11 is 0. The maximum absolute atomic E-state index is 13.0. The van der Waals surface area contributed by atoms with Crippen LogP contribution in [0.5, 0.6) is 0 Å². The highest BCUT2D eigenvalue weighted by Gasteiger charge is 2.32. The topological polar surface area (TPSA) is 87.7 Å². The van der Waals surface area contributed by atoms with E-state index in [0.717, 1.165) is 17.7 Å². The average Bonchev–Trinajstić information content (AvgIpc) is 3.03. The Morgan fingerprint density at radius 3 is 2.65 bits per heavy atom. The van der Waals surface area contributed by atoms with E-state index in [4.69, 9.17) is 4.74 Å². The summed E-state index contributed by atoms with van der Waals surface area (Å²) in [6, 6.07) is 6.71. The number of carbonyl (C=O) groups is 3. The van der Waals surface area contributed by atoms with Crippen LogP contribution < -0.4 is 15.5 Å². The third-order valence-corrected chi connectivity index (χ3v) is 4.29. The molecule has 3 amide bonds. The number of para-hydroxylation sites is 1. The van der Waals surface area contributed by atoms with Gasteiger partial charge in [-0.1, -0.05) is 32.0 Å². The second-order valence-corrected chi connectivity index (χ2v) is 6.55. The molecule has 0 spiro atoms. The number of carbonyl (C=O) groups excluding carboxylic acids is 3. The molecule has 0 aliphatic carbocycles. The van der Waals surface area contributed by atoms with Gasteiger partial charge in [-0.05, 0) is 30.9 Å². The molecule has 1 aliphatic heterocycles. The number of ether oxygens (including phenoxy) is 1. The van der Waals surface area contributed by atoms with Crippen LogP contribution >= 0.6 is 0 Å². The van der Waals surface area contributed by atoms with E-state index in [1.165, 1.54) is 0 Å². The first-order valence-electron chi connectivity index (χ1n) is 9.03. The molecule has 2 rings (SSSR count). The van der Waals surface area contributed by atoms with Crippen LogP contribution in [0.15, 0.2) is 24.3 Å². The molecular weight excluding hydrogens is 334 g/mol. The number of amides is 3. The molecule has 142 valence electrons.